The van der Waals surface area contributed by atoms with Crippen LogP contribution in [0.25, 0.3) is 11.1 Å². The van der Waals surface area contributed by atoms with E-state index >= 15 is 0 Å². The van der Waals surface area contributed by atoms with Crippen LogP contribution in [0, 0.1) is 16.7 Å². The SMILES string of the molecule is CCc1cc(-c2cc(Cl)cc(Cl)c2)c(O)cc1OCCCCCC(C)(C)C#N. The summed E-state index contributed by atoms with van der Waals surface area (Å²) in [5, 5.41) is 20.6. The third kappa shape index (κ3) is 6.33. The van der Waals surface area contributed by atoms with Gasteiger partial charge in [-0.15, -0.1) is 0 Å². The van der Waals surface area contributed by atoms with Crippen molar-refractivity contribution < 1.29 is 9.84 Å². The highest BCUT2D eigenvalue weighted by Crippen LogP contribution is 2.38. The molecule has 28 heavy (non-hydrogen) atoms. The number of hydrogen-bond acceptors (Lipinski definition) is 3. The molecule has 0 aliphatic rings. The number of benzene rings is 2. The number of halogens is 2. The summed E-state index contributed by atoms with van der Waals surface area (Å²) >= 11 is 12.2. The summed E-state index contributed by atoms with van der Waals surface area (Å²) in [6.07, 6.45) is 4.60. The van der Waals surface area contributed by atoms with Crippen LogP contribution in [0.15, 0.2) is 30.3 Å². The molecule has 150 valence electrons. The standard InChI is InChI=1S/C23H27Cl2NO2/c1-4-16-12-20(17-10-18(24)13-19(25)11-17)21(27)14-22(16)28-9-7-5-6-8-23(2,3)15-26/h10-14,27H,4-9H2,1-3H3. The molecule has 0 bridgehead atoms. The first kappa shape index (κ1) is 22.4. The Kier molecular flexibility index (Phi) is 8.04. The molecule has 3 nitrogen and oxygen atoms in total. The Morgan fingerprint density at radius 2 is 1.71 bits per heavy atom. The Morgan fingerprint density at radius 3 is 2.32 bits per heavy atom. The number of phenolic OH excluding ortho intramolecular Hbond substituents is 1. The lowest BCUT2D eigenvalue weighted by atomic mass is 9.89. The van der Waals surface area contributed by atoms with Gasteiger partial charge in [-0.25, -0.2) is 0 Å². The minimum atomic E-state index is -0.263. The number of unbranched alkanes of at least 4 members (excludes halogenated alkanes) is 2. The highest BCUT2D eigenvalue weighted by molar-refractivity contribution is 6.35. The number of ether oxygens (including phenoxy) is 1. The predicted octanol–water partition coefficient (Wildman–Crippen LogP) is 7.42. The number of aryl methyl sites for hydroxylation is 1. The van der Waals surface area contributed by atoms with Crippen LogP contribution < -0.4 is 4.74 Å². The van der Waals surface area contributed by atoms with E-state index in [0.717, 1.165) is 43.2 Å². The van der Waals surface area contributed by atoms with Crippen molar-refractivity contribution in [2.45, 2.75) is 52.9 Å². The van der Waals surface area contributed by atoms with Crippen molar-refractivity contribution in [2.24, 2.45) is 5.41 Å². The molecule has 0 unspecified atom stereocenters. The molecular weight excluding hydrogens is 393 g/mol. The first-order valence-electron chi connectivity index (χ1n) is 9.62. The van der Waals surface area contributed by atoms with Crippen molar-refractivity contribution >= 4 is 23.2 Å². The van der Waals surface area contributed by atoms with Gasteiger partial charge in [-0.1, -0.05) is 43.0 Å². The molecule has 0 amide bonds. The molecule has 1 N–H and O–H groups in total. The molecular formula is C23H27Cl2NO2. The second-order valence-corrected chi connectivity index (χ2v) is 8.52. The largest absolute Gasteiger partial charge is 0.507 e. The molecule has 5 heteroatoms. The van der Waals surface area contributed by atoms with Gasteiger partial charge in [-0.2, -0.15) is 5.26 Å². The Morgan fingerprint density at radius 1 is 1.04 bits per heavy atom. The molecule has 0 aliphatic carbocycles. The van der Waals surface area contributed by atoms with Gasteiger partial charge in [-0.3, -0.25) is 0 Å². The maximum Gasteiger partial charge on any atom is 0.127 e. The number of hydrogen-bond donors (Lipinski definition) is 1. The molecule has 2 aromatic rings. The molecule has 0 saturated heterocycles. The van der Waals surface area contributed by atoms with Crippen LogP contribution in [0.5, 0.6) is 11.5 Å². The van der Waals surface area contributed by atoms with Gasteiger partial charge in [0.1, 0.15) is 11.5 Å². The summed E-state index contributed by atoms with van der Waals surface area (Å²) in [5.41, 5.74) is 2.22. The molecule has 0 aliphatic heterocycles. The van der Waals surface area contributed by atoms with Crippen molar-refractivity contribution in [3.8, 4) is 28.7 Å². The first-order valence-corrected chi connectivity index (χ1v) is 10.4. The topological polar surface area (TPSA) is 53.2 Å². The number of phenols is 1. The quantitative estimate of drug-likeness (QED) is 0.430. The van der Waals surface area contributed by atoms with Gasteiger partial charge in [0.05, 0.1) is 18.1 Å². The molecule has 0 aromatic heterocycles. The average molecular weight is 420 g/mol. The van der Waals surface area contributed by atoms with E-state index in [-0.39, 0.29) is 11.2 Å². The van der Waals surface area contributed by atoms with Gasteiger partial charge in [0.15, 0.2) is 0 Å². The summed E-state index contributed by atoms with van der Waals surface area (Å²) in [6, 6.07) is 11.2. The van der Waals surface area contributed by atoms with E-state index in [0.29, 0.717) is 28.0 Å². The van der Waals surface area contributed by atoms with E-state index in [4.69, 9.17) is 33.2 Å². The smallest absolute Gasteiger partial charge is 0.127 e. The summed E-state index contributed by atoms with van der Waals surface area (Å²) in [6.45, 7) is 6.57. The maximum atomic E-state index is 10.5. The second kappa shape index (κ2) is 10.0. The molecule has 0 spiro atoms. The van der Waals surface area contributed by atoms with E-state index in [1.54, 1.807) is 24.3 Å². The molecule has 0 fully saturated rings. The van der Waals surface area contributed by atoms with Crippen molar-refractivity contribution in [3.63, 3.8) is 0 Å². The van der Waals surface area contributed by atoms with E-state index in [9.17, 15) is 5.11 Å². The fourth-order valence-corrected chi connectivity index (χ4v) is 3.57. The van der Waals surface area contributed by atoms with Crippen molar-refractivity contribution in [3.05, 3.63) is 45.9 Å². The molecule has 0 atom stereocenters. The first-order chi connectivity index (χ1) is 13.3. The van der Waals surface area contributed by atoms with Gasteiger partial charge in [0.2, 0.25) is 0 Å². The third-order valence-electron chi connectivity index (χ3n) is 4.74. The zero-order valence-electron chi connectivity index (χ0n) is 16.7. The number of nitriles is 1. The fourth-order valence-electron chi connectivity index (χ4n) is 3.05. The van der Waals surface area contributed by atoms with E-state index in [1.807, 2.05) is 19.9 Å². The van der Waals surface area contributed by atoms with Gasteiger partial charge < -0.3 is 9.84 Å². The van der Waals surface area contributed by atoms with Gasteiger partial charge in [0.25, 0.3) is 0 Å². The van der Waals surface area contributed by atoms with Gasteiger partial charge >= 0.3 is 0 Å². The van der Waals surface area contributed by atoms with Crippen LogP contribution in [0.3, 0.4) is 0 Å². The van der Waals surface area contributed by atoms with Crippen LogP contribution in [0.4, 0.5) is 0 Å². The second-order valence-electron chi connectivity index (χ2n) is 7.64. The van der Waals surface area contributed by atoms with Crippen LogP contribution in [-0.4, -0.2) is 11.7 Å². The Bertz CT molecular complexity index is 836. The molecule has 2 rings (SSSR count). The normalized spacial score (nSPS) is 11.3. The highest BCUT2D eigenvalue weighted by atomic mass is 35.5. The van der Waals surface area contributed by atoms with Crippen LogP contribution >= 0.6 is 23.2 Å². The average Bonchev–Trinajstić information content (AvgIpc) is 2.63. The Hall–Kier alpha value is -1.89. The Labute approximate surface area is 177 Å². The van der Waals surface area contributed by atoms with E-state index in [1.165, 1.54) is 0 Å². The van der Waals surface area contributed by atoms with Crippen molar-refractivity contribution in [1.82, 2.24) is 0 Å². The maximum absolute atomic E-state index is 10.5. The Balaban J connectivity index is 2.02. The summed E-state index contributed by atoms with van der Waals surface area (Å²) in [7, 11) is 0. The van der Waals surface area contributed by atoms with Gasteiger partial charge in [0, 0.05) is 21.7 Å². The highest BCUT2D eigenvalue weighted by Gasteiger charge is 2.15. The van der Waals surface area contributed by atoms with Crippen LogP contribution in [0.1, 0.15) is 52.0 Å². The number of nitrogens with zero attached hydrogens (tertiary/aromatic N) is 1. The molecule has 2 aromatic carbocycles. The molecule has 0 radical (unpaired) electrons. The third-order valence-corrected chi connectivity index (χ3v) is 5.18. The lowest BCUT2D eigenvalue weighted by molar-refractivity contribution is 0.296. The summed E-state index contributed by atoms with van der Waals surface area (Å²) < 4.78 is 5.93. The van der Waals surface area contributed by atoms with Crippen LogP contribution in [-0.2, 0) is 6.42 Å². The van der Waals surface area contributed by atoms with Crippen molar-refractivity contribution in [2.75, 3.05) is 6.61 Å². The fraction of sp³-hybridized carbons (Fsp3) is 0.435. The molecule has 0 saturated carbocycles. The van der Waals surface area contributed by atoms with Crippen molar-refractivity contribution in [1.29, 1.82) is 5.26 Å². The zero-order valence-corrected chi connectivity index (χ0v) is 18.2. The zero-order chi connectivity index (χ0) is 20.7. The lowest BCUT2D eigenvalue weighted by Gasteiger charge is -2.16. The summed E-state index contributed by atoms with van der Waals surface area (Å²) in [5.74, 6) is 0.843. The monoisotopic (exact) mass is 419 g/mol. The number of rotatable bonds is 9. The van der Waals surface area contributed by atoms with E-state index < -0.39 is 0 Å². The van der Waals surface area contributed by atoms with E-state index in [2.05, 4.69) is 13.0 Å². The van der Waals surface area contributed by atoms with Gasteiger partial charge in [-0.05, 0) is 68.5 Å². The predicted molar refractivity (Wildman–Crippen MR) is 116 cm³/mol. The lowest BCUT2D eigenvalue weighted by Crippen LogP contribution is -2.07. The summed E-state index contributed by atoms with van der Waals surface area (Å²) in [4.78, 5) is 0. The minimum absolute atomic E-state index is 0.140. The minimum Gasteiger partial charge on any atom is -0.507 e. The molecule has 0 heterocycles. The number of aromatic hydroxyl groups is 1. The van der Waals surface area contributed by atoms with Crippen LogP contribution in [0.2, 0.25) is 10.0 Å².